The molecule has 1 heterocycles. The molecule has 0 aliphatic rings. The Hall–Kier alpha value is -3.28. The van der Waals surface area contributed by atoms with E-state index < -0.39 is 0 Å². The van der Waals surface area contributed by atoms with Gasteiger partial charge in [0.05, 0.1) is 19.7 Å². The Balaban J connectivity index is 1.65. The minimum Gasteiger partial charge on any atom is -0.507 e. The van der Waals surface area contributed by atoms with E-state index in [-0.39, 0.29) is 18.1 Å². The van der Waals surface area contributed by atoms with Gasteiger partial charge in [-0.3, -0.25) is 4.79 Å². The zero-order valence-corrected chi connectivity index (χ0v) is 13.1. The number of fused-ring (bicyclic) bond motifs is 1. The minimum atomic E-state index is -0.238. The van der Waals surface area contributed by atoms with Gasteiger partial charge in [-0.25, -0.2) is 5.43 Å². The molecular formula is C18H17N3O3. The molecule has 0 unspecified atom stereocenters. The van der Waals surface area contributed by atoms with E-state index in [0.717, 1.165) is 16.5 Å². The fraction of sp³-hybridized carbons (Fsp3) is 0.111. The molecule has 24 heavy (non-hydrogen) atoms. The summed E-state index contributed by atoms with van der Waals surface area (Å²) in [5, 5.41) is 14.7. The van der Waals surface area contributed by atoms with Gasteiger partial charge in [-0.15, -0.1) is 0 Å². The van der Waals surface area contributed by atoms with E-state index in [9.17, 15) is 9.90 Å². The second-order valence-electron chi connectivity index (χ2n) is 5.25. The molecule has 1 aromatic heterocycles. The molecule has 0 spiro atoms. The Bertz CT molecular complexity index is 899. The number of phenolic OH excluding ortho intramolecular Hbond substituents is 1. The second kappa shape index (κ2) is 6.87. The summed E-state index contributed by atoms with van der Waals surface area (Å²) in [5.41, 5.74) is 4.82. The predicted molar refractivity (Wildman–Crippen MR) is 92.4 cm³/mol. The summed E-state index contributed by atoms with van der Waals surface area (Å²) in [7, 11) is 1.54. The van der Waals surface area contributed by atoms with Crippen molar-refractivity contribution in [3.05, 3.63) is 59.8 Å². The van der Waals surface area contributed by atoms with Gasteiger partial charge in [0, 0.05) is 22.7 Å². The molecule has 0 fully saturated rings. The number of carbonyl (C=O) groups is 1. The van der Waals surface area contributed by atoms with Gasteiger partial charge in [0.25, 0.3) is 0 Å². The maximum absolute atomic E-state index is 12.0. The van der Waals surface area contributed by atoms with Crippen LogP contribution in [0.4, 0.5) is 0 Å². The number of rotatable bonds is 5. The number of hydrogen-bond acceptors (Lipinski definition) is 4. The van der Waals surface area contributed by atoms with Crippen molar-refractivity contribution in [2.45, 2.75) is 6.42 Å². The van der Waals surface area contributed by atoms with Crippen molar-refractivity contribution in [1.82, 2.24) is 10.4 Å². The maximum Gasteiger partial charge on any atom is 0.244 e. The van der Waals surface area contributed by atoms with E-state index in [1.807, 2.05) is 30.5 Å². The quantitative estimate of drug-likeness (QED) is 0.498. The predicted octanol–water partition coefficient (Wildman–Crippen LogP) is 2.57. The molecule has 122 valence electrons. The van der Waals surface area contributed by atoms with Gasteiger partial charge in [0.2, 0.25) is 5.91 Å². The lowest BCUT2D eigenvalue weighted by Crippen LogP contribution is -2.19. The van der Waals surface area contributed by atoms with Crippen molar-refractivity contribution in [1.29, 1.82) is 0 Å². The summed E-state index contributed by atoms with van der Waals surface area (Å²) in [5.74, 6) is 0.420. The number of amides is 1. The van der Waals surface area contributed by atoms with Crippen LogP contribution >= 0.6 is 0 Å². The van der Waals surface area contributed by atoms with Crippen molar-refractivity contribution in [3.63, 3.8) is 0 Å². The van der Waals surface area contributed by atoms with E-state index in [1.165, 1.54) is 19.4 Å². The van der Waals surface area contributed by atoms with E-state index in [1.54, 1.807) is 12.1 Å². The SMILES string of the molecule is COc1ccc(O)c(/C=N\NC(=O)Cc2c[nH]c3ccccc23)c1. The highest BCUT2D eigenvalue weighted by Crippen LogP contribution is 2.21. The highest BCUT2D eigenvalue weighted by Gasteiger charge is 2.08. The van der Waals surface area contributed by atoms with Crippen LogP contribution in [-0.4, -0.2) is 29.3 Å². The van der Waals surface area contributed by atoms with Crippen LogP contribution in [0, 0.1) is 0 Å². The number of aromatic nitrogens is 1. The summed E-state index contributed by atoms with van der Waals surface area (Å²) < 4.78 is 5.08. The lowest BCUT2D eigenvalue weighted by Gasteiger charge is -2.03. The van der Waals surface area contributed by atoms with E-state index in [4.69, 9.17) is 4.74 Å². The third-order valence-corrected chi connectivity index (χ3v) is 3.65. The number of hydrazone groups is 1. The largest absolute Gasteiger partial charge is 0.507 e. The molecular weight excluding hydrogens is 306 g/mol. The number of methoxy groups -OCH3 is 1. The monoisotopic (exact) mass is 323 g/mol. The van der Waals surface area contributed by atoms with Crippen molar-refractivity contribution in [2.75, 3.05) is 7.11 Å². The standard InChI is InChI=1S/C18H17N3O3/c1-24-14-6-7-17(22)13(8-14)11-20-21-18(23)9-12-10-19-16-5-3-2-4-15(12)16/h2-8,10-11,19,22H,9H2,1H3,(H,21,23)/b20-11-. The molecule has 0 atom stereocenters. The third-order valence-electron chi connectivity index (χ3n) is 3.65. The van der Waals surface area contributed by atoms with E-state index in [0.29, 0.717) is 11.3 Å². The zero-order valence-electron chi connectivity index (χ0n) is 13.1. The number of para-hydroxylation sites is 1. The first-order valence-electron chi connectivity index (χ1n) is 7.41. The van der Waals surface area contributed by atoms with Crippen molar-refractivity contribution in [3.8, 4) is 11.5 Å². The second-order valence-corrected chi connectivity index (χ2v) is 5.25. The van der Waals surface area contributed by atoms with E-state index in [2.05, 4.69) is 15.5 Å². The molecule has 0 saturated heterocycles. The Morgan fingerprint density at radius 2 is 2.17 bits per heavy atom. The lowest BCUT2D eigenvalue weighted by atomic mass is 10.1. The van der Waals surface area contributed by atoms with Crippen LogP contribution < -0.4 is 10.2 Å². The molecule has 6 nitrogen and oxygen atoms in total. The number of ether oxygens (including phenoxy) is 1. The molecule has 0 radical (unpaired) electrons. The van der Waals surface area contributed by atoms with Crippen molar-refractivity contribution >= 4 is 23.0 Å². The van der Waals surface area contributed by atoms with Crippen molar-refractivity contribution < 1.29 is 14.6 Å². The number of carbonyl (C=O) groups excluding carboxylic acids is 1. The summed E-state index contributed by atoms with van der Waals surface area (Å²) >= 11 is 0. The first kappa shape index (κ1) is 15.6. The molecule has 0 aliphatic heterocycles. The van der Waals surface area contributed by atoms with Gasteiger partial charge < -0.3 is 14.8 Å². The Kier molecular flexibility index (Phi) is 4.47. The Morgan fingerprint density at radius 1 is 1.33 bits per heavy atom. The number of aromatic amines is 1. The summed E-state index contributed by atoms with van der Waals surface area (Å²) in [6.45, 7) is 0. The fourth-order valence-corrected chi connectivity index (χ4v) is 2.43. The Labute approximate surface area is 138 Å². The van der Waals surface area contributed by atoms with Crippen LogP contribution in [0.5, 0.6) is 11.5 Å². The molecule has 6 heteroatoms. The van der Waals surface area contributed by atoms with Gasteiger partial charge in [-0.05, 0) is 29.8 Å². The highest BCUT2D eigenvalue weighted by molar-refractivity contribution is 5.90. The highest BCUT2D eigenvalue weighted by atomic mass is 16.5. The number of nitrogens with zero attached hydrogens (tertiary/aromatic N) is 1. The van der Waals surface area contributed by atoms with Gasteiger partial charge in [-0.1, -0.05) is 18.2 Å². The zero-order chi connectivity index (χ0) is 16.9. The molecule has 0 bridgehead atoms. The van der Waals surface area contributed by atoms with Crippen LogP contribution in [0.15, 0.2) is 53.8 Å². The lowest BCUT2D eigenvalue weighted by molar-refractivity contribution is -0.120. The van der Waals surface area contributed by atoms with Gasteiger partial charge in [0.15, 0.2) is 0 Å². The number of aromatic hydroxyl groups is 1. The van der Waals surface area contributed by atoms with Gasteiger partial charge in [-0.2, -0.15) is 5.10 Å². The molecule has 3 rings (SSSR count). The molecule has 3 N–H and O–H groups in total. The summed E-state index contributed by atoms with van der Waals surface area (Å²) in [6.07, 6.45) is 3.41. The minimum absolute atomic E-state index is 0.0606. The molecule has 0 aliphatic carbocycles. The topological polar surface area (TPSA) is 86.7 Å². The van der Waals surface area contributed by atoms with E-state index >= 15 is 0 Å². The number of phenols is 1. The summed E-state index contributed by atoms with van der Waals surface area (Å²) in [4.78, 5) is 15.2. The first-order valence-corrected chi connectivity index (χ1v) is 7.41. The average Bonchev–Trinajstić information content (AvgIpc) is 3.00. The normalized spacial score (nSPS) is 11.0. The number of H-pyrrole nitrogens is 1. The van der Waals surface area contributed by atoms with Gasteiger partial charge in [0.1, 0.15) is 11.5 Å². The average molecular weight is 323 g/mol. The molecule has 0 saturated carbocycles. The smallest absolute Gasteiger partial charge is 0.244 e. The van der Waals surface area contributed by atoms with Crippen LogP contribution in [0.1, 0.15) is 11.1 Å². The van der Waals surface area contributed by atoms with Crippen LogP contribution in [0.3, 0.4) is 0 Å². The molecule has 1 amide bonds. The maximum atomic E-state index is 12.0. The fourth-order valence-electron chi connectivity index (χ4n) is 2.43. The van der Waals surface area contributed by atoms with Gasteiger partial charge >= 0.3 is 0 Å². The van der Waals surface area contributed by atoms with Crippen LogP contribution in [-0.2, 0) is 11.2 Å². The van der Waals surface area contributed by atoms with Crippen molar-refractivity contribution in [2.24, 2.45) is 5.10 Å². The third kappa shape index (κ3) is 3.38. The Morgan fingerprint density at radius 3 is 3.00 bits per heavy atom. The molecule has 3 aromatic rings. The summed E-state index contributed by atoms with van der Waals surface area (Å²) in [6, 6.07) is 12.6. The number of benzene rings is 2. The first-order chi connectivity index (χ1) is 11.7. The molecule has 2 aromatic carbocycles. The van der Waals surface area contributed by atoms with Crippen LogP contribution in [0.2, 0.25) is 0 Å². The number of hydrogen-bond donors (Lipinski definition) is 3. The number of nitrogens with one attached hydrogen (secondary N) is 2. The van der Waals surface area contributed by atoms with Crippen LogP contribution in [0.25, 0.3) is 10.9 Å².